The number of unbranched alkanes of at least 4 members (excludes halogenated alkanes) is 6. The number of benzene rings is 1. The van der Waals surface area contributed by atoms with Crippen LogP contribution in [0.3, 0.4) is 0 Å². The smallest absolute Gasteiger partial charge is 0.319 e. The highest BCUT2D eigenvalue weighted by Gasteiger charge is 2.51. The molecular weight excluding hydrogens is 388 g/mol. The van der Waals surface area contributed by atoms with Crippen LogP contribution in [0.15, 0.2) is 24.3 Å². The number of aryl methyl sites for hydroxylation is 1. The van der Waals surface area contributed by atoms with Crippen molar-refractivity contribution in [1.82, 2.24) is 10.6 Å². The molecule has 1 fully saturated rings. The second-order valence-electron chi connectivity index (χ2n) is 9.52. The molecule has 174 valence electrons. The van der Waals surface area contributed by atoms with Crippen LogP contribution in [-0.4, -0.2) is 29.1 Å². The van der Waals surface area contributed by atoms with Gasteiger partial charge in [0.2, 0.25) is 5.91 Å². The molecule has 0 radical (unpaired) electrons. The maximum Gasteiger partial charge on any atom is 0.319 e. The molecule has 0 bridgehead atoms. The SMILES string of the molecule is CCCCCCCCCc1ccc(CNC2CCC(C(=O)O)(C(=O)NC(C)C)C2)cc1. The predicted molar refractivity (Wildman–Crippen MR) is 126 cm³/mol. The third-order valence-electron chi connectivity index (χ3n) is 6.47. The van der Waals surface area contributed by atoms with Crippen molar-refractivity contribution in [2.24, 2.45) is 5.41 Å². The van der Waals surface area contributed by atoms with Gasteiger partial charge in [0.15, 0.2) is 0 Å². The maximum atomic E-state index is 12.5. The molecule has 1 saturated carbocycles. The zero-order valence-corrected chi connectivity index (χ0v) is 19.7. The number of aliphatic carboxylic acids is 1. The van der Waals surface area contributed by atoms with E-state index in [1.807, 2.05) is 13.8 Å². The van der Waals surface area contributed by atoms with Gasteiger partial charge in [0.1, 0.15) is 5.41 Å². The van der Waals surface area contributed by atoms with Crippen LogP contribution in [-0.2, 0) is 22.6 Å². The first kappa shape index (κ1) is 25.4. The van der Waals surface area contributed by atoms with E-state index >= 15 is 0 Å². The standard InChI is InChI=1S/C26H42N2O3/c1-4-5-6-7-8-9-10-11-21-12-14-22(15-13-21)19-27-23-16-17-26(18-23,25(30)31)24(29)28-20(2)3/h12-15,20,23,27H,4-11,16-19H2,1-3H3,(H,28,29)(H,30,31). The summed E-state index contributed by atoms with van der Waals surface area (Å²) in [6.07, 6.45) is 11.9. The van der Waals surface area contributed by atoms with E-state index in [2.05, 4.69) is 41.8 Å². The lowest BCUT2D eigenvalue weighted by Gasteiger charge is -2.25. The second-order valence-corrected chi connectivity index (χ2v) is 9.52. The third kappa shape index (κ3) is 7.95. The van der Waals surface area contributed by atoms with Crippen molar-refractivity contribution < 1.29 is 14.7 Å². The molecule has 1 aromatic rings. The fourth-order valence-corrected chi connectivity index (χ4v) is 4.49. The topological polar surface area (TPSA) is 78.4 Å². The molecule has 1 aliphatic rings. The van der Waals surface area contributed by atoms with Gasteiger partial charge in [-0.3, -0.25) is 9.59 Å². The van der Waals surface area contributed by atoms with Crippen molar-refractivity contribution in [2.75, 3.05) is 0 Å². The first-order valence-electron chi connectivity index (χ1n) is 12.2. The molecule has 1 amide bonds. The van der Waals surface area contributed by atoms with Crippen LogP contribution in [0.1, 0.15) is 96.1 Å². The lowest BCUT2D eigenvalue weighted by atomic mass is 9.84. The summed E-state index contributed by atoms with van der Waals surface area (Å²) in [7, 11) is 0. The molecule has 1 aromatic carbocycles. The van der Waals surface area contributed by atoms with Gasteiger partial charge in [0.25, 0.3) is 0 Å². The number of hydrogen-bond donors (Lipinski definition) is 3. The number of carbonyl (C=O) groups excluding carboxylic acids is 1. The van der Waals surface area contributed by atoms with E-state index in [4.69, 9.17) is 0 Å². The minimum Gasteiger partial charge on any atom is -0.480 e. The summed E-state index contributed by atoms with van der Waals surface area (Å²) in [4.78, 5) is 24.4. The number of hydrogen-bond acceptors (Lipinski definition) is 3. The van der Waals surface area contributed by atoms with Gasteiger partial charge < -0.3 is 15.7 Å². The van der Waals surface area contributed by atoms with Crippen molar-refractivity contribution in [1.29, 1.82) is 0 Å². The molecule has 0 spiro atoms. The van der Waals surface area contributed by atoms with E-state index in [9.17, 15) is 14.7 Å². The van der Waals surface area contributed by atoms with Crippen LogP contribution in [0.2, 0.25) is 0 Å². The number of rotatable bonds is 14. The van der Waals surface area contributed by atoms with E-state index in [0.29, 0.717) is 25.8 Å². The lowest BCUT2D eigenvalue weighted by Crippen LogP contribution is -2.48. The normalized spacial score (nSPS) is 20.8. The summed E-state index contributed by atoms with van der Waals surface area (Å²) >= 11 is 0. The van der Waals surface area contributed by atoms with Gasteiger partial charge in [0.05, 0.1) is 0 Å². The Morgan fingerprint density at radius 3 is 2.26 bits per heavy atom. The number of carbonyl (C=O) groups is 2. The van der Waals surface area contributed by atoms with Crippen molar-refractivity contribution in [3.63, 3.8) is 0 Å². The highest BCUT2D eigenvalue weighted by Crippen LogP contribution is 2.39. The summed E-state index contributed by atoms with van der Waals surface area (Å²) in [6.45, 7) is 6.66. The number of carboxylic acid groups (broad SMARTS) is 1. The highest BCUT2D eigenvalue weighted by molar-refractivity contribution is 6.02. The quantitative estimate of drug-likeness (QED) is 0.279. The van der Waals surface area contributed by atoms with Gasteiger partial charge in [-0.25, -0.2) is 0 Å². The summed E-state index contributed by atoms with van der Waals surface area (Å²) in [5.74, 6) is -1.36. The van der Waals surface area contributed by atoms with Gasteiger partial charge >= 0.3 is 5.97 Å². The molecule has 0 heterocycles. The minimum absolute atomic E-state index is 0.0430. The predicted octanol–water partition coefficient (Wildman–Crippen LogP) is 5.22. The minimum atomic E-state index is -1.30. The molecule has 5 nitrogen and oxygen atoms in total. The molecule has 0 aromatic heterocycles. The summed E-state index contributed by atoms with van der Waals surface area (Å²) in [5, 5.41) is 16.0. The summed E-state index contributed by atoms with van der Waals surface area (Å²) < 4.78 is 0. The second kappa shape index (κ2) is 12.8. The van der Waals surface area contributed by atoms with Crippen LogP contribution in [0.4, 0.5) is 0 Å². The van der Waals surface area contributed by atoms with Gasteiger partial charge in [-0.2, -0.15) is 0 Å². The first-order valence-corrected chi connectivity index (χ1v) is 12.2. The van der Waals surface area contributed by atoms with Crippen molar-refractivity contribution in [3.8, 4) is 0 Å². The fraction of sp³-hybridized carbons (Fsp3) is 0.692. The Morgan fingerprint density at radius 2 is 1.65 bits per heavy atom. The van der Waals surface area contributed by atoms with E-state index in [1.165, 1.54) is 56.1 Å². The fourth-order valence-electron chi connectivity index (χ4n) is 4.49. The van der Waals surface area contributed by atoms with E-state index in [-0.39, 0.29) is 18.0 Å². The van der Waals surface area contributed by atoms with Crippen LogP contribution >= 0.6 is 0 Å². The summed E-state index contributed by atoms with van der Waals surface area (Å²) in [6, 6.07) is 8.72. The van der Waals surface area contributed by atoms with E-state index < -0.39 is 11.4 Å². The van der Waals surface area contributed by atoms with Crippen LogP contribution in [0.25, 0.3) is 0 Å². The van der Waals surface area contributed by atoms with Gasteiger partial charge in [-0.15, -0.1) is 0 Å². The van der Waals surface area contributed by atoms with Crippen molar-refractivity contribution in [2.45, 2.75) is 110 Å². The Morgan fingerprint density at radius 1 is 1.03 bits per heavy atom. The van der Waals surface area contributed by atoms with E-state index in [1.54, 1.807) is 0 Å². The Bertz CT molecular complexity index is 686. The molecule has 2 atom stereocenters. The first-order chi connectivity index (χ1) is 14.9. The molecular formula is C26H42N2O3. The highest BCUT2D eigenvalue weighted by atomic mass is 16.4. The lowest BCUT2D eigenvalue weighted by molar-refractivity contribution is -0.155. The van der Waals surface area contributed by atoms with Crippen molar-refractivity contribution >= 4 is 11.9 Å². The molecule has 0 saturated heterocycles. The van der Waals surface area contributed by atoms with Crippen LogP contribution in [0, 0.1) is 5.41 Å². The number of nitrogens with one attached hydrogen (secondary N) is 2. The molecule has 31 heavy (non-hydrogen) atoms. The van der Waals surface area contributed by atoms with Crippen LogP contribution in [0.5, 0.6) is 0 Å². The Balaban J connectivity index is 1.74. The molecule has 1 aliphatic carbocycles. The Labute approximate surface area is 188 Å². The van der Waals surface area contributed by atoms with E-state index in [0.717, 1.165) is 6.42 Å². The molecule has 2 unspecified atom stereocenters. The average Bonchev–Trinajstić information content (AvgIpc) is 3.18. The zero-order valence-electron chi connectivity index (χ0n) is 19.7. The average molecular weight is 431 g/mol. The molecule has 2 rings (SSSR count). The van der Waals surface area contributed by atoms with Gasteiger partial charge in [-0.1, -0.05) is 69.7 Å². The van der Waals surface area contributed by atoms with Gasteiger partial charge in [0, 0.05) is 18.6 Å². The monoisotopic (exact) mass is 430 g/mol. The summed E-state index contributed by atoms with van der Waals surface area (Å²) in [5.41, 5.74) is 1.28. The molecule has 5 heteroatoms. The Hall–Kier alpha value is -1.88. The zero-order chi connectivity index (χ0) is 22.7. The van der Waals surface area contributed by atoms with Gasteiger partial charge in [-0.05, 0) is 57.1 Å². The van der Waals surface area contributed by atoms with Crippen molar-refractivity contribution in [3.05, 3.63) is 35.4 Å². The van der Waals surface area contributed by atoms with Crippen LogP contribution < -0.4 is 10.6 Å². The largest absolute Gasteiger partial charge is 0.480 e. The Kier molecular flexibility index (Phi) is 10.5. The number of carboxylic acids is 1. The third-order valence-corrected chi connectivity index (χ3v) is 6.47. The number of amides is 1. The maximum absolute atomic E-state index is 12.5. The molecule has 0 aliphatic heterocycles. The molecule has 3 N–H and O–H groups in total.